The molecule has 3 aliphatic rings. The molecule has 3 heterocycles. The maximum atomic E-state index is 13.6. The van der Waals surface area contributed by atoms with E-state index in [1.165, 1.54) is 18.2 Å². The predicted molar refractivity (Wildman–Crippen MR) is 275 cm³/mol. The van der Waals surface area contributed by atoms with Crippen LogP contribution in [0.15, 0.2) is 87.5 Å². The number of hydrogen-bond donors (Lipinski definition) is 10. The Kier molecular flexibility index (Phi) is 19.7. The van der Waals surface area contributed by atoms with E-state index in [-0.39, 0.29) is 55.8 Å². The first kappa shape index (κ1) is 59.4. The topological polar surface area (TPSA) is 377 Å². The van der Waals surface area contributed by atoms with E-state index in [9.17, 15) is 52.6 Å². The van der Waals surface area contributed by atoms with E-state index in [2.05, 4.69) is 64.1 Å². The Morgan fingerprint density at radius 1 is 0.987 bits per heavy atom. The zero-order valence-electron chi connectivity index (χ0n) is 41.9. The number of phosphoric acid groups is 3. The minimum absolute atomic E-state index is 0.0227. The van der Waals surface area contributed by atoms with Gasteiger partial charge < -0.3 is 59.3 Å². The number of nitrogens with zero attached hydrogens (tertiary/aromatic N) is 1. The number of anilines is 1. The first-order chi connectivity index (χ1) is 36.3. The van der Waals surface area contributed by atoms with Gasteiger partial charge >= 0.3 is 41.2 Å². The number of carboxylic acid groups (broad SMARTS) is 1. The highest BCUT2D eigenvalue weighted by Gasteiger charge is 2.43. The second-order valence-corrected chi connectivity index (χ2v) is 21.5. The van der Waals surface area contributed by atoms with Crippen molar-refractivity contribution in [3.05, 3.63) is 127 Å². The average Bonchev–Trinajstić information content (AvgIpc) is 3.77. The number of amides is 2. The van der Waals surface area contributed by atoms with Crippen LogP contribution in [0.1, 0.15) is 70.3 Å². The van der Waals surface area contributed by atoms with Crippen molar-refractivity contribution in [2.45, 2.75) is 59.0 Å². The summed E-state index contributed by atoms with van der Waals surface area (Å²) in [5.74, 6) is 3.90. The van der Waals surface area contributed by atoms with Gasteiger partial charge in [-0.05, 0) is 81.1 Å². The third-order valence-corrected chi connectivity index (χ3v) is 15.2. The summed E-state index contributed by atoms with van der Waals surface area (Å²) in [6.45, 7) is 15.1. The van der Waals surface area contributed by atoms with Crippen LogP contribution in [0.3, 0.4) is 0 Å². The lowest BCUT2D eigenvalue weighted by Gasteiger charge is -2.21. The number of carbonyl (C=O) groups is 3. The smallest absolute Gasteiger partial charge is 0.478 e. The third kappa shape index (κ3) is 15.9. The normalized spacial score (nSPS) is 17.2. The van der Waals surface area contributed by atoms with Crippen LogP contribution in [0, 0.1) is 25.7 Å². The molecule has 1 saturated heterocycles. The summed E-state index contributed by atoms with van der Waals surface area (Å²) in [5, 5.41) is 20.5. The highest BCUT2D eigenvalue weighted by atomic mass is 31.3. The molecular formula is C48H56N6O20P3+. The molecule has 412 valence electrons. The molecule has 1 aromatic heterocycles. The number of carboxylic acids is 1. The lowest BCUT2D eigenvalue weighted by molar-refractivity contribution is -0.496. The molecule has 2 aromatic carbocycles. The maximum absolute atomic E-state index is 13.6. The first-order valence-corrected chi connectivity index (χ1v) is 27.9. The molecule has 3 aromatic rings. The van der Waals surface area contributed by atoms with Gasteiger partial charge in [-0.15, -0.1) is 6.58 Å². The van der Waals surface area contributed by atoms with Crippen LogP contribution in [0.4, 0.5) is 10.5 Å². The number of ether oxygens (including phenoxy) is 3. The quantitative estimate of drug-likeness (QED) is 0.0194. The number of rotatable bonds is 23. The Labute approximate surface area is 438 Å². The lowest BCUT2D eigenvalue weighted by atomic mass is 9.88. The maximum Gasteiger partial charge on any atom is 0.490 e. The largest absolute Gasteiger partial charge is 0.490 e. The molecule has 6 rings (SSSR count). The van der Waals surface area contributed by atoms with Crippen molar-refractivity contribution < 1.29 is 89.5 Å². The van der Waals surface area contributed by atoms with Gasteiger partial charge in [-0.2, -0.15) is 8.62 Å². The molecule has 1 aliphatic carbocycles. The molecule has 2 amide bonds. The Balaban J connectivity index is 1.05. The zero-order valence-corrected chi connectivity index (χ0v) is 44.5. The van der Waals surface area contributed by atoms with Gasteiger partial charge in [0.05, 0.1) is 37.5 Å². The molecule has 26 nitrogen and oxygen atoms in total. The Bertz CT molecular complexity index is 3480. The molecule has 0 bridgehead atoms. The highest BCUT2D eigenvalue weighted by molar-refractivity contribution is 7.66. The summed E-state index contributed by atoms with van der Waals surface area (Å²) in [4.78, 5) is 107. The third-order valence-electron chi connectivity index (χ3n) is 11.3. The molecular weight excluding hydrogens is 1070 g/mol. The fraction of sp³-hybridized carbons (Fsp3) is 0.333. The van der Waals surface area contributed by atoms with Gasteiger partial charge in [0, 0.05) is 65.1 Å². The molecule has 5 atom stereocenters. The van der Waals surface area contributed by atoms with E-state index < -0.39 is 77.7 Å². The van der Waals surface area contributed by atoms with Crippen LogP contribution in [0.25, 0.3) is 33.4 Å². The van der Waals surface area contributed by atoms with Crippen molar-refractivity contribution >= 4 is 58.1 Å². The Morgan fingerprint density at radius 2 is 1.74 bits per heavy atom. The molecule has 77 heavy (non-hydrogen) atoms. The van der Waals surface area contributed by atoms with E-state index >= 15 is 0 Å². The van der Waals surface area contributed by atoms with E-state index in [0.717, 1.165) is 32.9 Å². The number of aryl methyl sites for hydroxylation is 2. The molecule has 10 N–H and O–H groups in total. The zero-order chi connectivity index (χ0) is 56.4. The number of fused-ring (bicyclic) bond motifs is 2. The molecule has 0 saturated carbocycles. The molecule has 29 heteroatoms. The second kappa shape index (κ2) is 25.6. The number of alkyl carbamates (subject to hydrolysis) is 1. The van der Waals surface area contributed by atoms with Gasteiger partial charge in [0.15, 0.2) is 0 Å². The van der Waals surface area contributed by atoms with Crippen molar-refractivity contribution in [3.8, 4) is 34.3 Å². The SMILES string of the molecule is C=CCO[C@H]1C[C@H](n2cc(C#CCNC(=O)OCC(=C)CCNC(=O)c3ccc(C(=O)O)c(-c4c5cc(C)c(=[NH+]CC)cc-5oc5cc(NCC)c(C)cc45)c3)c(=O)[nH]c2=O)O[C@@H]1COP(=O)(O)OP(=O)(O)OP(=O)(O)O. The number of aromatic carboxylic acids is 1. The highest BCUT2D eigenvalue weighted by Crippen LogP contribution is 2.66. The fourth-order valence-electron chi connectivity index (χ4n) is 7.98. The van der Waals surface area contributed by atoms with Gasteiger partial charge in [-0.3, -0.25) is 23.7 Å². The molecule has 0 spiro atoms. The summed E-state index contributed by atoms with van der Waals surface area (Å²) in [6, 6.07) is 12.0. The van der Waals surface area contributed by atoms with Crippen LogP contribution >= 0.6 is 23.5 Å². The Hall–Kier alpha value is -6.81. The number of hydrogen-bond acceptors (Lipinski definition) is 16. The van der Waals surface area contributed by atoms with Gasteiger partial charge in [0.1, 0.15) is 42.4 Å². The van der Waals surface area contributed by atoms with E-state index in [4.69, 9.17) is 28.4 Å². The van der Waals surface area contributed by atoms with Crippen LogP contribution in [-0.4, -0.2) is 110 Å². The number of aromatic nitrogens is 2. The fourth-order valence-corrected chi connectivity index (χ4v) is 11.0. The number of phosphoric ester groups is 1. The summed E-state index contributed by atoms with van der Waals surface area (Å²) in [5.41, 5.74) is 3.19. The van der Waals surface area contributed by atoms with E-state index in [1.807, 2.05) is 52.0 Å². The monoisotopic (exact) mass is 1130 g/mol. The van der Waals surface area contributed by atoms with Crippen molar-refractivity contribution in [1.82, 2.24) is 20.2 Å². The summed E-state index contributed by atoms with van der Waals surface area (Å²) in [6.07, 6.45) is -1.95. The molecule has 2 unspecified atom stereocenters. The van der Waals surface area contributed by atoms with Crippen LogP contribution in [0.5, 0.6) is 0 Å². The van der Waals surface area contributed by atoms with Gasteiger partial charge in [-0.1, -0.05) is 24.5 Å². The second-order valence-electron chi connectivity index (χ2n) is 17.0. The summed E-state index contributed by atoms with van der Waals surface area (Å²) < 4.78 is 71.1. The number of benzene rings is 3. The number of aromatic amines is 1. The lowest BCUT2D eigenvalue weighted by Crippen LogP contribution is -2.76. The van der Waals surface area contributed by atoms with E-state index in [1.54, 1.807) is 6.07 Å². The number of H-pyrrole nitrogens is 1. The summed E-state index contributed by atoms with van der Waals surface area (Å²) >= 11 is 0. The van der Waals surface area contributed by atoms with Gasteiger partial charge in [-0.25, -0.2) is 33.1 Å². The van der Waals surface area contributed by atoms with Crippen molar-refractivity contribution in [2.24, 2.45) is 0 Å². The van der Waals surface area contributed by atoms with E-state index in [0.29, 0.717) is 52.1 Å². The van der Waals surface area contributed by atoms with Crippen molar-refractivity contribution in [2.75, 3.05) is 51.3 Å². The van der Waals surface area contributed by atoms with Gasteiger partial charge in [0.25, 0.3) is 11.5 Å². The molecule has 2 aliphatic heterocycles. The van der Waals surface area contributed by atoms with Gasteiger partial charge in [0.2, 0.25) is 5.36 Å². The average molecular weight is 1130 g/mol. The minimum atomic E-state index is -5.81. The number of carbonyl (C=O) groups excluding carboxylic acids is 2. The minimum Gasteiger partial charge on any atom is -0.478 e. The summed E-state index contributed by atoms with van der Waals surface area (Å²) in [7, 11) is -17.0. The molecule has 1 fully saturated rings. The van der Waals surface area contributed by atoms with Crippen LogP contribution < -0.4 is 37.5 Å². The van der Waals surface area contributed by atoms with Crippen molar-refractivity contribution in [1.29, 1.82) is 0 Å². The van der Waals surface area contributed by atoms with Crippen LogP contribution in [0.2, 0.25) is 0 Å². The number of nitrogens with one attached hydrogen (secondary N) is 5. The first-order valence-electron chi connectivity index (χ1n) is 23.4. The van der Waals surface area contributed by atoms with Crippen molar-refractivity contribution in [3.63, 3.8) is 0 Å². The molecule has 0 radical (unpaired) electrons. The predicted octanol–water partition coefficient (Wildman–Crippen LogP) is 3.46. The van der Waals surface area contributed by atoms with Crippen LogP contribution in [-0.2, 0) is 41.1 Å². The standard InChI is InChI=1S/C48H55N6O20P3/c1-7-17-68-40-23-42(72-41(40)26-70-76(64,65)74-77(66,67)73-75(61,62)63)54-24-31(45(56)53-47(54)59)11-10-15-52-48(60)69-25-27(4)14-16-51-44(55)30-12-13-32(46(57)58)33(20-30)43-34-18-28(5)36(49-8-2)21-38(34)71-39-22-37(50-9-3)29(6)19-35(39)43/h7,12-13,18-22,24,40-42,49H,1,4,8-9,14-17,23,25-26H2,2-3,5-6H3,(H,51,55)(H,52,60)(H,57,58)(H,64,65)(H,66,67)(H,53,56,59)(H2,61,62,63)/p+1/t40-,41+,42+/m0/s1. The Morgan fingerprint density at radius 3 is 2.43 bits per heavy atom.